The van der Waals surface area contributed by atoms with Crippen LogP contribution in [0.15, 0.2) is 0 Å². The van der Waals surface area contributed by atoms with Crippen LogP contribution in [0.3, 0.4) is 0 Å². The van der Waals surface area contributed by atoms with Crippen LogP contribution in [0.2, 0.25) is 0 Å². The Morgan fingerprint density at radius 3 is 2.50 bits per heavy atom. The summed E-state index contributed by atoms with van der Waals surface area (Å²) in [5, 5.41) is 3.52. The molecule has 0 amide bonds. The molecular weight excluding hydrogens is 176 g/mol. The molecule has 0 saturated carbocycles. The van der Waals surface area contributed by atoms with Gasteiger partial charge in [0.05, 0.1) is 0 Å². The highest BCUT2D eigenvalue weighted by atomic mass is 16.5. The average Bonchev–Trinajstić information content (AvgIpc) is 2.65. The first-order valence-electron chi connectivity index (χ1n) is 5.82. The molecule has 0 aliphatic carbocycles. The van der Waals surface area contributed by atoms with Crippen molar-refractivity contribution in [1.82, 2.24) is 10.2 Å². The molecule has 0 spiro atoms. The van der Waals surface area contributed by atoms with Gasteiger partial charge in [0.2, 0.25) is 0 Å². The summed E-state index contributed by atoms with van der Waals surface area (Å²) in [6.45, 7) is 5.37. The third-order valence-corrected chi connectivity index (χ3v) is 3.77. The lowest BCUT2D eigenvalue weighted by Crippen LogP contribution is -2.47. The largest absolute Gasteiger partial charge is 0.381 e. The van der Waals surface area contributed by atoms with E-state index in [1.807, 2.05) is 0 Å². The predicted molar refractivity (Wildman–Crippen MR) is 57.5 cm³/mol. The molecule has 0 aromatic carbocycles. The van der Waals surface area contributed by atoms with E-state index in [0.717, 1.165) is 25.3 Å². The molecule has 14 heavy (non-hydrogen) atoms. The van der Waals surface area contributed by atoms with Gasteiger partial charge in [0.1, 0.15) is 0 Å². The second-order valence-corrected chi connectivity index (χ2v) is 4.61. The van der Waals surface area contributed by atoms with Gasteiger partial charge in [-0.3, -0.25) is 4.90 Å². The van der Waals surface area contributed by atoms with Gasteiger partial charge < -0.3 is 10.1 Å². The third kappa shape index (κ3) is 2.10. The maximum atomic E-state index is 5.40. The number of hydrogen-bond donors (Lipinski definition) is 1. The first-order valence-corrected chi connectivity index (χ1v) is 5.82. The van der Waals surface area contributed by atoms with Crippen LogP contribution in [0.1, 0.15) is 26.2 Å². The molecule has 0 aromatic heterocycles. The highest BCUT2D eigenvalue weighted by Gasteiger charge is 2.31. The maximum Gasteiger partial charge on any atom is 0.0480 e. The first-order chi connectivity index (χ1) is 6.79. The summed E-state index contributed by atoms with van der Waals surface area (Å²) in [6.07, 6.45) is 3.72. The summed E-state index contributed by atoms with van der Waals surface area (Å²) in [5.74, 6) is 0. The minimum absolute atomic E-state index is 0.655. The number of likely N-dealkylation sites (N-methyl/N-ethyl adjacent to an activating group) is 1. The number of rotatable bonds is 2. The molecule has 2 atom stereocenters. The van der Waals surface area contributed by atoms with Crippen molar-refractivity contribution in [2.24, 2.45) is 0 Å². The van der Waals surface area contributed by atoms with Crippen molar-refractivity contribution >= 4 is 0 Å². The van der Waals surface area contributed by atoms with Gasteiger partial charge in [-0.1, -0.05) is 0 Å². The van der Waals surface area contributed by atoms with E-state index in [-0.39, 0.29) is 0 Å². The number of nitrogens with zero attached hydrogens (tertiary/aromatic N) is 1. The highest BCUT2D eigenvalue weighted by molar-refractivity contribution is 4.89. The topological polar surface area (TPSA) is 24.5 Å². The summed E-state index contributed by atoms with van der Waals surface area (Å²) in [4.78, 5) is 2.58. The first kappa shape index (κ1) is 10.4. The Bertz CT molecular complexity index is 180. The van der Waals surface area contributed by atoms with Crippen molar-refractivity contribution in [3.63, 3.8) is 0 Å². The Morgan fingerprint density at radius 1 is 1.21 bits per heavy atom. The van der Waals surface area contributed by atoms with Crippen LogP contribution >= 0.6 is 0 Å². The van der Waals surface area contributed by atoms with Crippen molar-refractivity contribution in [2.75, 3.05) is 26.8 Å². The molecule has 2 fully saturated rings. The van der Waals surface area contributed by atoms with E-state index in [1.165, 1.54) is 25.8 Å². The molecule has 0 radical (unpaired) electrons. The van der Waals surface area contributed by atoms with Gasteiger partial charge in [-0.2, -0.15) is 0 Å². The SMILES string of the molecule is CC1NCCC1N(C)C1CCOCC1. The average molecular weight is 198 g/mol. The molecular formula is C11H22N2O. The number of ether oxygens (including phenoxy) is 1. The van der Waals surface area contributed by atoms with Crippen LogP contribution in [0, 0.1) is 0 Å². The van der Waals surface area contributed by atoms with E-state index in [1.54, 1.807) is 0 Å². The zero-order valence-corrected chi connectivity index (χ0v) is 9.33. The molecule has 2 saturated heterocycles. The molecule has 3 nitrogen and oxygen atoms in total. The fraction of sp³-hybridized carbons (Fsp3) is 1.00. The Labute approximate surface area is 86.8 Å². The minimum Gasteiger partial charge on any atom is -0.381 e. The standard InChI is InChI=1S/C11H22N2O/c1-9-11(3-6-12-9)13(2)10-4-7-14-8-5-10/h9-12H,3-8H2,1-2H3. The van der Waals surface area contributed by atoms with Crippen LogP contribution in [0.5, 0.6) is 0 Å². The second kappa shape index (κ2) is 4.60. The molecule has 2 aliphatic heterocycles. The van der Waals surface area contributed by atoms with E-state index in [0.29, 0.717) is 6.04 Å². The lowest BCUT2D eigenvalue weighted by molar-refractivity contribution is 0.0273. The summed E-state index contributed by atoms with van der Waals surface area (Å²) < 4.78 is 5.40. The van der Waals surface area contributed by atoms with Gasteiger partial charge in [-0.15, -0.1) is 0 Å². The third-order valence-electron chi connectivity index (χ3n) is 3.77. The lowest BCUT2D eigenvalue weighted by Gasteiger charge is -2.37. The van der Waals surface area contributed by atoms with E-state index >= 15 is 0 Å². The Hall–Kier alpha value is -0.120. The maximum absolute atomic E-state index is 5.40. The summed E-state index contributed by atoms with van der Waals surface area (Å²) >= 11 is 0. The fourth-order valence-electron chi connectivity index (χ4n) is 2.76. The van der Waals surface area contributed by atoms with Crippen LogP contribution in [0.25, 0.3) is 0 Å². The summed E-state index contributed by atoms with van der Waals surface area (Å²) in [6, 6.07) is 2.14. The Balaban J connectivity index is 1.89. The van der Waals surface area contributed by atoms with Gasteiger partial charge in [-0.25, -0.2) is 0 Å². The number of nitrogens with one attached hydrogen (secondary N) is 1. The van der Waals surface area contributed by atoms with Crippen molar-refractivity contribution in [2.45, 2.75) is 44.3 Å². The van der Waals surface area contributed by atoms with E-state index < -0.39 is 0 Å². The minimum atomic E-state index is 0.655. The number of hydrogen-bond acceptors (Lipinski definition) is 3. The molecule has 2 rings (SSSR count). The van der Waals surface area contributed by atoms with Crippen LogP contribution in [-0.4, -0.2) is 49.8 Å². The van der Waals surface area contributed by atoms with E-state index in [9.17, 15) is 0 Å². The quantitative estimate of drug-likeness (QED) is 0.712. The van der Waals surface area contributed by atoms with Crippen LogP contribution in [0.4, 0.5) is 0 Å². The predicted octanol–water partition coefficient (Wildman–Crippen LogP) is 0.848. The van der Waals surface area contributed by atoms with Gasteiger partial charge in [-0.05, 0) is 39.8 Å². The highest BCUT2D eigenvalue weighted by Crippen LogP contribution is 2.21. The van der Waals surface area contributed by atoms with E-state index in [4.69, 9.17) is 4.74 Å². The van der Waals surface area contributed by atoms with Crippen molar-refractivity contribution in [3.8, 4) is 0 Å². The normalized spacial score (nSPS) is 35.4. The molecule has 1 N–H and O–H groups in total. The van der Waals surface area contributed by atoms with Crippen LogP contribution < -0.4 is 5.32 Å². The van der Waals surface area contributed by atoms with Crippen LogP contribution in [-0.2, 0) is 4.74 Å². The van der Waals surface area contributed by atoms with E-state index in [2.05, 4.69) is 24.2 Å². The fourth-order valence-corrected chi connectivity index (χ4v) is 2.76. The lowest BCUT2D eigenvalue weighted by atomic mass is 10.0. The molecule has 82 valence electrons. The molecule has 2 aliphatic rings. The zero-order valence-electron chi connectivity index (χ0n) is 9.33. The summed E-state index contributed by atoms with van der Waals surface area (Å²) in [7, 11) is 2.28. The van der Waals surface area contributed by atoms with Gasteiger partial charge >= 0.3 is 0 Å². The monoisotopic (exact) mass is 198 g/mol. The zero-order chi connectivity index (χ0) is 9.97. The Morgan fingerprint density at radius 2 is 1.93 bits per heavy atom. The van der Waals surface area contributed by atoms with Gasteiger partial charge in [0.15, 0.2) is 0 Å². The molecule has 2 heterocycles. The van der Waals surface area contributed by atoms with Gasteiger partial charge in [0, 0.05) is 31.3 Å². The smallest absolute Gasteiger partial charge is 0.0480 e. The molecule has 2 unspecified atom stereocenters. The van der Waals surface area contributed by atoms with Crippen molar-refractivity contribution in [1.29, 1.82) is 0 Å². The molecule has 0 aromatic rings. The molecule has 0 bridgehead atoms. The summed E-state index contributed by atoms with van der Waals surface area (Å²) in [5.41, 5.74) is 0. The molecule has 3 heteroatoms. The van der Waals surface area contributed by atoms with Crippen molar-refractivity contribution < 1.29 is 4.74 Å². The van der Waals surface area contributed by atoms with Crippen molar-refractivity contribution in [3.05, 3.63) is 0 Å². The van der Waals surface area contributed by atoms with Gasteiger partial charge in [0.25, 0.3) is 0 Å². The Kier molecular flexibility index (Phi) is 3.42. The second-order valence-electron chi connectivity index (χ2n) is 4.61.